The number of carbonyl (C=O) groups is 2. The molecule has 0 unspecified atom stereocenters. The molecule has 1 aliphatic rings. The highest BCUT2D eigenvalue weighted by Gasteiger charge is 2.67. The zero-order chi connectivity index (χ0) is 15.6. The van der Waals surface area contributed by atoms with Gasteiger partial charge in [-0.2, -0.15) is 13.2 Å². The van der Waals surface area contributed by atoms with Gasteiger partial charge in [-0.1, -0.05) is 3.89 Å². The van der Waals surface area contributed by atoms with Crippen LogP contribution in [0.5, 0.6) is 0 Å². The molecular formula is C10H20ClN4O5S+. The molecular weight excluding hydrogens is 324 g/mol. The van der Waals surface area contributed by atoms with Gasteiger partial charge >= 0.3 is 22.0 Å². The number of nitrogens with one attached hydrogen (secondary N) is 2. The summed E-state index contributed by atoms with van der Waals surface area (Å²) in [6, 6.07) is 0. The number of carbonyl (C=O) groups excluding carboxylic acids is 2. The maximum atomic E-state index is 12.1. The molecule has 122 valence electrons. The largest absolute Gasteiger partial charge is 0.539 e. The minimum atomic E-state index is -3.92. The first kappa shape index (κ1) is 19.6. The van der Waals surface area contributed by atoms with E-state index in [4.69, 9.17) is 11.1 Å². The van der Waals surface area contributed by atoms with Crippen molar-refractivity contribution in [3.8, 4) is 0 Å². The first-order valence-electron chi connectivity index (χ1n) is 5.96. The van der Waals surface area contributed by atoms with E-state index >= 15 is 0 Å². The maximum Gasteiger partial charge on any atom is 0.539 e. The highest BCUT2D eigenvalue weighted by atomic mass is 35.5. The first-order valence-corrected chi connectivity index (χ1v) is 7.80. The monoisotopic (exact) mass is 343 g/mol. The highest BCUT2D eigenvalue weighted by molar-refractivity contribution is 7.85. The van der Waals surface area contributed by atoms with Gasteiger partial charge < -0.3 is 15.8 Å². The van der Waals surface area contributed by atoms with E-state index in [0.29, 0.717) is 19.4 Å². The molecule has 1 heterocycles. The third-order valence-corrected chi connectivity index (χ3v) is 4.87. The number of sulfonamides is 1. The lowest BCUT2D eigenvalue weighted by molar-refractivity contribution is -0.694. The number of halogens is 1. The van der Waals surface area contributed by atoms with Crippen LogP contribution < -0.4 is 11.1 Å². The molecule has 1 saturated heterocycles. The minimum Gasteiger partial charge on any atom is -0.422 e. The lowest BCUT2D eigenvalue weighted by Gasteiger charge is -2.40. The van der Waals surface area contributed by atoms with E-state index in [1.165, 1.54) is 0 Å². The van der Waals surface area contributed by atoms with Crippen molar-refractivity contribution in [1.82, 2.24) is 5.32 Å². The number of guanidine groups is 1. The number of methoxy groups -OCH3 is 1. The molecule has 1 fully saturated rings. The summed E-state index contributed by atoms with van der Waals surface area (Å²) < 4.78 is 26.6. The Labute approximate surface area is 129 Å². The van der Waals surface area contributed by atoms with Crippen LogP contribution in [0.25, 0.3) is 0 Å². The number of amides is 2. The summed E-state index contributed by atoms with van der Waals surface area (Å²) in [6.45, 7) is 0.306. The minimum absolute atomic E-state index is 0. The van der Waals surface area contributed by atoms with Crippen molar-refractivity contribution in [2.45, 2.75) is 12.8 Å². The fourth-order valence-electron chi connectivity index (χ4n) is 2.19. The van der Waals surface area contributed by atoms with Gasteiger partial charge in [0, 0.05) is 6.54 Å². The quantitative estimate of drug-likeness (QED) is 0.198. The molecule has 0 saturated carbocycles. The average molecular weight is 344 g/mol. The van der Waals surface area contributed by atoms with E-state index < -0.39 is 31.8 Å². The number of hydrogen-bond donors (Lipinski definition) is 3. The fourth-order valence-corrected chi connectivity index (χ4v) is 3.47. The number of nitrogens with zero attached hydrogens (tertiary/aromatic N) is 1. The molecule has 1 aliphatic heterocycles. The summed E-state index contributed by atoms with van der Waals surface area (Å²) >= 11 is 0. The van der Waals surface area contributed by atoms with E-state index in [1.54, 1.807) is 0 Å². The van der Waals surface area contributed by atoms with E-state index in [0.717, 1.165) is 13.4 Å². The lowest BCUT2D eigenvalue weighted by atomic mass is 9.94. The fraction of sp³-hybridized carbons (Fsp3) is 0.700. The molecule has 11 heteroatoms. The van der Waals surface area contributed by atoms with Gasteiger partial charge in [0.05, 0.1) is 13.4 Å². The van der Waals surface area contributed by atoms with E-state index in [9.17, 15) is 18.0 Å². The van der Waals surface area contributed by atoms with Gasteiger partial charge in [-0.15, -0.1) is 12.4 Å². The van der Waals surface area contributed by atoms with Gasteiger partial charge in [-0.3, -0.25) is 5.41 Å². The molecule has 0 aliphatic carbocycles. The summed E-state index contributed by atoms with van der Waals surface area (Å²) in [5, 5.41) is 9.54. The Kier molecular flexibility index (Phi) is 6.58. The second-order valence-electron chi connectivity index (χ2n) is 4.64. The summed E-state index contributed by atoms with van der Waals surface area (Å²) in [4.78, 5) is 23.7. The van der Waals surface area contributed by atoms with E-state index in [2.05, 4.69) is 10.1 Å². The predicted octanol–water partition coefficient (Wildman–Crippen LogP) is -0.629. The Hall–Kier alpha value is -1.39. The summed E-state index contributed by atoms with van der Waals surface area (Å²) in [5.41, 5.74) is 5.10. The van der Waals surface area contributed by atoms with Crippen LogP contribution in [0.3, 0.4) is 0 Å². The topological polar surface area (TPSA) is 139 Å². The molecule has 2 atom stereocenters. The second-order valence-corrected chi connectivity index (χ2v) is 6.73. The van der Waals surface area contributed by atoms with Crippen LogP contribution in [0.1, 0.15) is 12.8 Å². The lowest BCUT2D eigenvalue weighted by Crippen LogP contribution is -2.72. The molecule has 0 spiro atoms. The number of β-lactam (4-membered cyclic amide) rings is 1. The summed E-state index contributed by atoms with van der Waals surface area (Å²) in [5.74, 6) is -1.33. The van der Waals surface area contributed by atoms with Crippen LogP contribution in [0.2, 0.25) is 0 Å². The Morgan fingerprint density at radius 2 is 2.14 bits per heavy atom. The van der Waals surface area contributed by atoms with Crippen molar-refractivity contribution in [1.29, 1.82) is 5.41 Å². The second kappa shape index (κ2) is 7.05. The van der Waals surface area contributed by atoms with Crippen molar-refractivity contribution in [2.24, 2.45) is 11.7 Å². The van der Waals surface area contributed by atoms with Crippen molar-refractivity contribution >= 4 is 40.4 Å². The van der Waals surface area contributed by atoms with Crippen molar-refractivity contribution in [3.63, 3.8) is 0 Å². The SMILES string of the molecule is COC(=O)[N@@+]1(S(C)(=O)=O)C[C@@H](CCCNC(=N)N)C1=O.Cl. The third-order valence-electron chi connectivity index (χ3n) is 3.26. The summed E-state index contributed by atoms with van der Waals surface area (Å²) in [6.07, 6.45) is 0.734. The Bertz CT molecular complexity index is 538. The van der Waals surface area contributed by atoms with Gasteiger partial charge in [0.25, 0.3) is 0 Å². The molecule has 21 heavy (non-hydrogen) atoms. The van der Waals surface area contributed by atoms with Crippen LogP contribution in [0, 0.1) is 11.3 Å². The van der Waals surface area contributed by atoms with Gasteiger partial charge in [0.1, 0.15) is 12.5 Å². The van der Waals surface area contributed by atoms with Gasteiger partial charge in [-0.25, -0.2) is 4.79 Å². The van der Waals surface area contributed by atoms with Crippen LogP contribution in [0.4, 0.5) is 4.79 Å². The number of quaternary nitrogens is 1. The molecule has 1 rings (SSSR count). The molecule has 0 aromatic carbocycles. The number of rotatable bonds is 5. The van der Waals surface area contributed by atoms with E-state index in [1.807, 2.05) is 0 Å². The Balaban J connectivity index is 0.00000400. The van der Waals surface area contributed by atoms with Gasteiger partial charge in [-0.05, 0) is 12.8 Å². The number of likely N-dealkylation sites (tertiary alicyclic amines) is 1. The number of hydrogen-bond acceptors (Lipinski definition) is 6. The molecule has 0 radical (unpaired) electrons. The molecule has 0 aromatic rings. The first-order chi connectivity index (χ1) is 9.16. The predicted molar refractivity (Wildman–Crippen MR) is 77.3 cm³/mol. The molecule has 4 N–H and O–H groups in total. The van der Waals surface area contributed by atoms with Crippen LogP contribution in [-0.4, -0.2) is 56.7 Å². The van der Waals surface area contributed by atoms with Crippen molar-refractivity contribution in [2.75, 3.05) is 26.5 Å². The van der Waals surface area contributed by atoms with Crippen molar-refractivity contribution < 1.29 is 26.6 Å². The summed E-state index contributed by atoms with van der Waals surface area (Å²) in [7, 11) is -2.87. The number of ether oxygens (including phenoxy) is 1. The Morgan fingerprint density at radius 3 is 2.52 bits per heavy atom. The number of imide groups is 1. The molecule has 0 aromatic heterocycles. The zero-order valence-electron chi connectivity index (χ0n) is 11.8. The normalized spacial score (nSPS) is 24.5. The van der Waals surface area contributed by atoms with Gasteiger partial charge in [0.15, 0.2) is 5.96 Å². The molecule has 0 bridgehead atoms. The number of nitrogens with two attached hydrogens (primary N) is 1. The average Bonchev–Trinajstić information content (AvgIpc) is 2.33. The Morgan fingerprint density at radius 1 is 1.57 bits per heavy atom. The zero-order valence-corrected chi connectivity index (χ0v) is 13.4. The molecule has 9 nitrogen and oxygen atoms in total. The molecule has 2 amide bonds. The van der Waals surface area contributed by atoms with E-state index in [-0.39, 0.29) is 24.9 Å². The van der Waals surface area contributed by atoms with Crippen molar-refractivity contribution in [3.05, 3.63) is 0 Å². The van der Waals surface area contributed by atoms with Gasteiger partial charge in [0.2, 0.25) is 0 Å². The maximum absolute atomic E-state index is 12.1. The smallest absolute Gasteiger partial charge is 0.422 e. The highest BCUT2D eigenvalue weighted by Crippen LogP contribution is 2.35. The van der Waals surface area contributed by atoms with Crippen LogP contribution in [0.15, 0.2) is 0 Å². The van der Waals surface area contributed by atoms with Crippen LogP contribution in [-0.2, 0) is 19.6 Å². The standard InChI is InChI=1S/C10H19N4O5S.ClH/c1-19-10(16)14(20(2,17)18)6-7(8(14)15)4-3-5-13-9(11)12;/h7H,3-6H2,1-2H3,(H4,11,12,13);1H/q+1;/t7-,14-;/m1./s1. The van der Waals surface area contributed by atoms with Crippen LogP contribution >= 0.6 is 12.4 Å². The third kappa shape index (κ3) is 3.63.